The highest BCUT2D eigenvalue weighted by Crippen LogP contribution is 2.43. The average Bonchev–Trinajstić information content (AvgIpc) is 3.21. The maximum atomic E-state index is 12.6. The van der Waals surface area contributed by atoms with Crippen LogP contribution in [0, 0.1) is 0 Å². The van der Waals surface area contributed by atoms with Gasteiger partial charge in [0.15, 0.2) is 6.10 Å². The molecule has 0 bridgehead atoms. The zero-order valence-electron chi connectivity index (χ0n) is 36.9. The molecular formula is C47H84NO10P. The molecule has 342 valence electrons. The number of esters is 2. The molecule has 1 unspecified atom stereocenters. The van der Waals surface area contributed by atoms with Crippen LogP contribution in [0.4, 0.5) is 0 Å². The molecule has 0 radical (unpaired) electrons. The van der Waals surface area contributed by atoms with Gasteiger partial charge in [0.25, 0.3) is 0 Å². The third-order valence-corrected chi connectivity index (χ3v) is 10.6. The van der Waals surface area contributed by atoms with E-state index in [9.17, 15) is 29.3 Å². The monoisotopic (exact) mass is 854 g/mol. The second kappa shape index (κ2) is 42.3. The molecule has 12 heteroatoms. The van der Waals surface area contributed by atoms with Crippen LogP contribution >= 0.6 is 7.82 Å². The number of hydrogen-bond donors (Lipinski definition) is 4. The Morgan fingerprint density at radius 3 is 1.64 bits per heavy atom. The SMILES string of the molecule is CCCCCCCC/C=C\CCCCCCCCCCCC(=O)O[C@H](COC(=O)CCC[C@@H](O)/C=C/C=C\C/C=C\C=C\[C@@H](O)CCCCC)COP(=O)(O)OCCN. The summed E-state index contributed by atoms with van der Waals surface area (Å²) in [6.07, 6.45) is 43.2. The third-order valence-electron chi connectivity index (χ3n) is 9.58. The van der Waals surface area contributed by atoms with Gasteiger partial charge >= 0.3 is 19.8 Å². The first-order valence-electron chi connectivity index (χ1n) is 23.0. The fourth-order valence-electron chi connectivity index (χ4n) is 6.08. The van der Waals surface area contributed by atoms with E-state index in [-0.39, 0.29) is 32.6 Å². The fourth-order valence-corrected chi connectivity index (χ4v) is 6.84. The molecule has 4 atom stereocenters. The minimum absolute atomic E-state index is 0.0183. The van der Waals surface area contributed by atoms with E-state index in [2.05, 4.69) is 26.0 Å². The first kappa shape index (κ1) is 56.6. The zero-order chi connectivity index (χ0) is 43.5. The highest BCUT2D eigenvalue weighted by atomic mass is 31.2. The third kappa shape index (κ3) is 42.1. The smallest absolute Gasteiger partial charge is 0.462 e. The van der Waals surface area contributed by atoms with E-state index in [0.717, 1.165) is 44.9 Å². The van der Waals surface area contributed by atoms with Crippen LogP contribution in [0.15, 0.2) is 60.8 Å². The number of nitrogens with two attached hydrogens (primary N) is 1. The van der Waals surface area contributed by atoms with Gasteiger partial charge in [-0.15, -0.1) is 0 Å². The number of phosphoric acid groups is 1. The summed E-state index contributed by atoms with van der Waals surface area (Å²) < 4.78 is 32.7. The largest absolute Gasteiger partial charge is 0.472 e. The van der Waals surface area contributed by atoms with E-state index in [1.807, 2.05) is 30.4 Å². The van der Waals surface area contributed by atoms with E-state index in [0.29, 0.717) is 25.7 Å². The molecule has 0 aliphatic carbocycles. The molecule has 0 aliphatic rings. The summed E-state index contributed by atoms with van der Waals surface area (Å²) in [4.78, 5) is 34.9. The molecule has 0 aliphatic heterocycles. The number of rotatable bonds is 42. The quantitative estimate of drug-likeness (QED) is 0.0151. The Morgan fingerprint density at radius 2 is 1.08 bits per heavy atom. The predicted octanol–water partition coefficient (Wildman–Crippen LogP) is 11.2. The van der Waals surface area contributed by atoms with Gasteiger partial charge in [-0.25, -0.2) is 4.57 Å². The Labute approximate surface area is 358 Å². The van der Waals surface area contributed by atoms with Crippen molar-refractivity contribution in [1.82, 2.24) is 0 Å². The number of carbonyl (C=O) groups excluding carboxylic acids is 2. The summed E-state index contributed by atoms with van der Waals surface area (Å²) >= 11 is 0. The van der Waals surface area contributed by atoms with Gasteiger partial charge in [-0.3, -0.25) is 18.6 Å². The van der Waals surface area contributed by atoms with Crippen LogP contribution in [0.1, 0.15) is 181 Å². The van der Waals surface area contributed by atoms with E-state index in [1.54, 1.807) is 18.2 Å². The van der Waals surface area contributed by atoms with E-state index >= 15 is 0 Å². The normalized spacial score (nSPS) is 14.9. The number of hydrogen-bond acceptors (Lipinski definition) is 10. The van der Waals surface area contributed by atoms with Crippen LogP contribution in [0.5, 0.6) is 0 Å². The van der Waals surface area contributed by atoms with Crippen molar-refractivity contribution < 1.29 is 47.8 Å². The van der Waals surface area contributed by atoms with Crippen LogP contribution in [0.3, 0.4) is 0 Å². The Balaban J connectivity index is 4.34. The lowest BCUT2D eigenvalue weighted by molar-refractivity contribution is -0.161. The lowest BCUT2D eigenvalue weighted by Crippen LogP contribution is -2.29. The maximum Gasteiger partial charge on any atom is 0.472 e. The molecule has 0 aromatic heterocycles. The van der Waals surface area contributed by atoms with Crippen molar-refractivity contribution in [3.05, 3.63) is 60.8 Å². The Hall–Kier alpha value is -2.37. The number of unbranched alkanes of at least 4 members (excludes halogenated alkanes) is 17. The first-order chi connectivity index (χ1) is 28.6. The van der Waals surface area contributed by atoms with Gasteiger partial charge in [0.05, 0.1) is 25.4 Å². The molecule has 0 spiro atoms. The number of aliphatic hydroxyl groups is 2. The van der Waals surface area contributed by atoms with Crippen LogP contribution in [-0.2, 0) is 32.7 Å². The predicted molar refractivity (Wildman–Crippen MR) is 241 cm³/mol. The van der Waals surface area contributed by atoms with Gasteiger partial charge in [0.2, 0.25) is 0 Å². The summed E-state index contributed by atoms with van der Waals surface area (Å²) in [7, 11) is -4.44. The van der Waals surface area contributed by atoms with Crippen molar-refractivity contribution >= 4 is 19.8 Å². The highest BCUT2D eigenvalue weighted by molar-refractivity contribution is 7.47. The molecule has 0 fully saturated rings. The van der Waals surface area contributed by atoms with Crippen LogP contribution < -0.4 is 5.73 Å². The van der Waals surface area contributed by atoms with E-state index < -0.39 is 44.7 Å². The summed E-state index contributed by atoms with van der Waals surface area (Å²) in [5.74, 6) is -1.06. The van der Waals surface area contributed by atoms with Crippen molar-refractivity contribution in [3.63, 3.8) is 0 Å². The first-order valence-corrected chi connectivity index (χ1v) is 24.5. The molecule has 0 rings (SSSR count). The summed E-state index contributed by atoms with van der Waals surface area (Å²) in [6.45, 7) is 3.36. The van der Waals surface area contributed by atoms with Gasteiger partial charge in [-0.2, -0.15) is 0 Å². The van der Waals surface area contributed by atoms with Gasteiger partial charge in [0.1, 0.15) is 6.61 Å². The van der Waals surface area contributed by atoms with Gasteiger partial charge in [-0.05, 0) is 57.8 Å². The molecule has 11 nitrogen and oxygen atoms in total. The van der Waals surface area contributed by atoms with Gasteiger partial charge < -0.3 is 30.3 Å². The number of aliphatic hydroxyl groups excluding tert-OH is 2. The molecule has 0 aromatic rings. The van der Waals surface area contributed by atoms with Crippen LogP contribution in [-0.4, -0.2) is 71.7 Å². The van der Waals surface area contributed by atoms with Crippen molar-refractivity contribution in [2.45, 2.75) is 199 Å². The van der Waals surface area contributed by atoms with Crippen LogP contribution in [0.2, 0.25) is 0 Å². The zero-order valence-corrected chi connectivity index (χ0v) is 37.8. The second-order valence-corrected chi connectivity index (χ2v) is 16.8. The van der Waals surface area contributed by atoms with E-state index in [4.69, 9.17) is 24.3 Å². The number of allylic oxidation sites excluding steroid dienone is 8. The van der Waals surface area contributed by atoms with Crippen molar-refractivity contribution in [3.8, 4) is 0 Å². The number of carbonyl (C=O) groups is 2. The average molecular weight is 854 g/mol. The summed E-state index contributed by atoms with van der Waals surface area (Å²) in [6, 6.07) is 0. The van der Waals surface area contributed by atoms with Gasteiger partial charge in [0, 0.05) is 19.4 Å². The summed E-state index contributed by atoms with van der Waals surface area (Å²) in [5, 5.41) is 20.1. The van der Waals surface area contributed by atoms with Crippen molar-refractivity contribution in [2.24, 2.45) is 5.73 Å². The molecule has 0 saturated carbocycles. The Bertz CT molecular complexity index is 1190. The molecule has 0 amide bonds. The minimum Gasteiger partial charge on any atom is -0.462 e. The lowest BCUT2D eigenvalue weighted by atomic mass is 10.1. The second-order valence-electron chi connectivity index (χ2n) is 15.3. The minimum atomic E-state index is -4.44. The van der Waals surface area contributed by atoms with Gasteiger partial charge in [-0.1, -0.05) is 171 Å². The van der Waals surface area contributed by atoms with Crippen molar-refractivity contribution in [2.75, 3.05) is 26.4 Å². The highest BCUT2D eigenvalue weighted by Gasteiger charge is 2.26. The summed E-state index contributed by atoms with van der Waals surface area (Å²) in [5.41, 5.74) is 5.34. The molecule has 0 heterocycles. The number of ether oxygens (including phenoxy) is 2. The van der Waals surface area contributed by atoms with Crippen LogP contribution in [0.25, 0.3) is 0 Å². The molecular weight excluding hydrogens is 769 g/mol. The fraction of sp³-hybridized carbons (Fsp3) is 0.745. The standard InChI is InChI=1S/C47H84NO10P/c1-3-5-7-8-9-10-11-12-13-14-15-16-17-18-19-20-24-27-31-37-47(52)58-45(42-57-59(53,54)56-40-39-48)41-55-46(51)38-32-36-44(50)35-30-26-23-21-22-25-29-34-43(49)33-28-6-4-2/h12-13,22-23,25-26,29-30,34-35,43-45,49-50H,3-11,14-21,24,27-28,31-33,36-42,48H2,1-2H3,(H,53,54)/b13-12-,25-22-,26-23-,34-29+,35-30+/t43-,44-,45+/m0/s1. The maximum absolute atomic E-state index is 12.6. The number of phosphoric ester groups is 1. The Kier molecular flexibility index (Phi) is 40.6. The lowest BCUT2D eigenvalue weighted by Gasteiger charge is -2.20. The molecule has 0 saturated heterocycles. The molecule has 59 heavy (non-hydrogen) atoms. The van der Waals surface area contributed by atoms with Crippen molar-refractivity contribution in [1.29, 1.82) is 0 Å². The van der Waals surface area contributed by atoms with E-state index in [1.165, 1.54) is 83.5 Å². The molecule has 5 N–H and O–H groups in total. The topological polar surface area (TPSA) is 175 Å². The Morgan fingerprint density at radius 1 is 0.593 bits per heavy atom. The molecule has 0 aromatic carbocycles.